The van der Waals surface area contributed by atoms with E-state index in [0.717, 1.165) is 42.7 Å². The van der Waals surface area contributed by atoms with Crippen LogP contribution in [0.2, 0.25) is 0 Å². The first kappa shape index (κ1) is 19.2. The van der Waals surface area contributed by atoms with Crippen molar-refractivity contribution in [2.45, 2.75) is 6.42 Å². The van der Waals surface area contributed by atoms with E-state index in [9.17, 15) is 0 Å². The molecule has 0 radical (unpaired) electrons. The SMILES string of the molecule is C=CCSCCNC(=NC)NCCc1ccccn1.I. The van der Waals surface area contributed by atoms with Crippen molar-refractivity contribution in [1.82, 2.24) is 15.6 Å². The lowest BCUT2D eigenvalue weighted by atomic mass is 10.3. The molecule has 0 aromatic carbocycles. The maximum Gasteiger partial charge on any atom is 0.191 e. The molecule has 4 nitrogen and oxygen atoms in total. The summed E-state index contributed by atoms with van der Waals surface area (Å²) in [4.78, 5) is 8.47. The highest BCUT2D eigenvalue weighted by Crippen LogP contribution is 1.97. The Labute approximate surface area is 143 Å². The van der Waals surface area contributed by atoms with Crippen LogP contribution < -0.4 is 10.6 Å². The number of nitrogens with zero attached hydrogens (tertiary/aromatic N) is 2. The highest BCUT2D eigenvalue weighted by atomic mass is 127. The molecule has 1 heterocycles. The van der Waals surface area contributed by atoms with Crippen LogP contribution in [-0.2, 0) is 6.42 Å². The number of rotatable bonds is 8. The standard InChI is InChI=1S/C14H22N4S.HI/c1-3-11-19-12-10-18-14(15-2)17-9-7-13-6-4-5-8-16-13;/h3-6,8H,1,7,9-12H2,2H3,(H2,15,17,18);1H. The molecule has 0 fully saturated rings. The normalized spacial score (nSPS) is 10.6. The molecule has 2 N–H and O–H groups in total. The van der Waals surface area contributed by atoms with E-state index >= 15 is 0 Å². The van der Waals surface area contributed by atoms with Gasteiger partial charge in [-0.3, -0.25) is 9.98 Å². The van der Waals surface area contributed by atoms with Crippen molar-refractivity contribution in [1.29, 1.82) is 0 Å². The van der Waals surface area contributed by atoms with E-state index in [4.69, 9.17) is 0 Å². The molecule has 20 heavy (non-hydrogen) atoms. The second-order valence-corrected chi connectivity index (χ2v) is 5.01. The number of guanidine groups is 1. The third kappa shape index (κ3) is 9.19. The Morgan fingerprint density at radius 2 is 2.20 bits per heavy atom. The Bertz CT molecular complexity index is 384. The van der Waals surface area contributed by atoms with Crippen molar-refractivity contribution in [2.24, 2.45) is 4.99 Å². The van der Waals surface area contributed by atoms with Crippen LogP contribution in [0.1, 0.15) is 5.69 Å². The Kier molecular flexibility index (Phi) is 12.7. The van der Waals surface area contributed by atoms with Crippen LogP contribution in [0, 0.1) is 0 Å². The lowest BCUT2D eigenvalue weighted by Gasteiger charge is -2.11. The molecule has 0 aliphatic rings. The third-order valence-corrected chi connectivity index (χ3v) is 3.36. The molecular weight excluding hydrogens is 383 g/mol. The Hall–Kier alpha value is -0.760. The van der Waals surface area contributed by atoms with Gasteiger partial charge in [0.2, 0.25) is 0 Å². The molecule has 112 valence electrons. The predicted octanol–water partition coefficient (Wildman–Crippen LogP) is 2.33. The minimum atomic E-state index is 0. The molecule has 1 rings (SSSR count). The summed E-state index contributed by atoms with van der Waals surface area (Å²) >= 11 is 1.85. The zero-order valence-electron chi connectivity index (χ0n) is 11.8. The van der Waals surface area contributed by atoms with Gasteiger partial charge in [0.15, 0.2) is 5.96 Å². The van der Waals surface area contributed by atoms with Gasteiger partial charge in [-0.2, -0.15) is 11.8 Å². The fourth-order valence-electron chi connectivity index (χ4n) is 1.48. The van der Waals surface area contributed by atoms with Gasteiger partial charge in [0.25, 0.3) is 0 Å². The van der Waals surface area contributed by atoms with Gasteiger partial charge in [-0.05, 0) is 12.1 Å². The number of hydrogen-bond acceptors (Lipinski definition) is 3. The summed E-state index contributed by atoms with van der Waals surface area (Å²) in [6, 6.07) is 5.97. The number of aliphatic imine (C=N–C) groups is 1. The van der Waals surface area contributed by atoms with Crippen molar-refractivity contribution >= 4 is 41.7 Å². The summed E-state index contributed by atoms with van der Waals surface area (Å²) in [5, 5.41) is 6.56. The molecule has 0 aliphatic carbocycles. The van der Waals surface area contributed by atoms with Gasteiger partial charge in [-0.25, -0.2) is 0 Å². The van der Waals surface area contributed by atoms with Gasteiger partial charge in [0.1, 0.15) is 0 Å². The van der Waals surface area contributed by atoms with Crippen LogP contribution in [0.25, 0.3) is 0 Å². The van der Waals surface area contributed by atoms with Crippen molar-refractivity contribution < 1.29 is 0 Å². The number of aromatic nitrogens is 1. The molecule has 6 heteroatoms. The van der Waals surface area contributed by atoms with Crippen LogP contribution in [-0.4, -0.2) is 42.6 Å². The minimum absolute atomic E-state index is 0. The molecule has 0 saturated carbocycles. The summed E-state index contributed by atoms with van der Waals surface area (Å²) in [6.07, 6.45) is 4.64. The summed E-state index contributed by atoms with van der Waals surface area (Å²) in [5.74, 6) is 2.88. The average Bonchev–Trinajstić information content (AvgIpc) is 2.46. The van der Waals surface area contributed by atoms with Crippen molar-refractivity contribution in [3.8, 4) is 0 Å². The van der Waals surface area contributed by atoms with Gasteiger partial charge in [-0.1, -0.05) is 12.1 Å². The Morgan fingerprint density at radius 3 is 2.85 bits per heavy atom. The van der Waals surface area contributed by atoms with Crippen molar-refractivity contribution in [3.63, 3.8) is 0 Å². The van der Waals surface area contributed by atoms with Crippen LogP contribution >= 0.6 is 35.7 Å². The van der Waals surface area contributed by atoms with E-state index in [1.54, 1.807) is 7.05 Å². The summed E-state index contributed by atoms with van der Waals surface area (Å²) in [6.45, 7) is 5.43. The fraction of sp³-hybridized carbons (Fsp3) is 0.429. The van der Waals surface area contributed by atoms with Crippen LogP contribution in [0.5, 0.6) is 0 Å². The molecule has 0 aliphatic heterocycles. The fourth-order valence-corrected chi connectivity index (χ4v) is 2.06. The Balaban J connectivity index is 0.00000361. The maximum atomic E-state index is 4.28. The first-order chi connectivity index (χ1) is 9.36. The molecule has 0 saturated heterocycles. The summed E-state index contributed by atoms with van der Waals surface area (Å²) in [5.41, 5.74) is 1.09. The minimum Gasteiger partial charge on any atom is -0.356 e. The molecule has 0 atom stereocenters. The topological polar surface area (TPSA) is 49.3 Å². The van der Waals surface area contributed by atoms with Gasteiger partial charge in [0.05, 0.1) is 0 Å². The molecular formula is C14H23IN4S. The number of nitrogens with one attached hydrogen (secondary N) is 2. The number of halogens is 1. The second-order valence-electron chi connectivity index (χ2n) is 3.86. The zero-order valence-corrected chi connectivity index (χ0v) is 15.0. The summed E-state index contributed by atoms with van der Waals surface area (Å²) in [7, 11) is 1.78. The van der Waals surface area contributed by atoms with Crippen LogP contribution in [0.4, 0.5) is 0 Å². The van der Waals surface area contributed by atoms with Gasteiger partial charge >= 0.3 is 0 Å². The Morgan fingerprint density at radius 1 is 1.40 bits per heavy atom. The lowest BCUT2D eigenvalue weighted by Crippen LogP contribution is -2.39. The van der Waals surface area contributed by atoms with E-state index < -0.39 is 0 Å². The van der Waals surface area contributed by atoms with E-state index in [1.807, 2.05) is 42.2 Å². The highest BCUT2D eigenvalue weighted by molar-refractivity contribution is 14.0. The van der Waals surface area contributed by atoms with E-state index in [2.05, 4.69) is 27.2 Å². The maximum absolute atomic E-state index is 4.28. The number of hydrogen-bond donors (Lipinski definition) is 2. The molecule has 0 amide bonds. The van der Waals surface area contributed by atoms with Gasteiger partial charge < -0.3 is 10.6 Å². The number of pyridine rings is 1. The lowest BCUT2D eigenvalue weighted by molar-refractivity contribution is 0.798. The van der Waals surface area contributed by atoms with Gasteiger partial charge in [0, 0.05) is 50.0 Å². The van der Waals surface area contributed by atoms with Crippen LogP contribution in [0.3, 0.4) is 0 Å². The second kappa shape index (κ2) is 13.2. The van der Waals surface area contributed by atoms with Crippen molar-refractivity contribution in [2.75, 3.05) is 31.6 Å². The molecule has 0 bridgehead atoms. The molecule has 0 unspecified atom stereocenters. The molecule has 1 aromatic rings. The van der Waals surface area contributed by atoms with E-state index in [-0.39, 0.29) is 24.0 Å². The monoisotopic (exact) mass is 406 g/mol. The quantitative estimate of drug-likeness (QED) is 0.229. The predicted molar refractivity (Wildman–Crippen MR) is 100 cm³/mol. The average molecular weight is 406 g/mol. The number of thioether (sulfide) groups is 1. The third-order valence-electron chi connectivity index (χ3n) is 2.40. The van der Waals surface area contributed by atoms with Gasteiger partial charge in [-0.15, -0.1) is 30.6 Å². The largest absolute Gasteiger partial charge is 0.356 e. The van der Waals surface area contributed by atoms with Crippen LogP contribution in [0.15, 0.2) is 42.0 Å². The smallest absolute Gasteiger partial charge is 0.191 e. The summed E-state index contributed by atoms with van der Waals surface area (Å²) < 4.78 is 0. The molecule has 0 spiro atoms. The first-order valence-corrected chi connectivity index (χ1v) is 7.55. The zero-order chi connectivity index (χ0) is 13.8. The van der Waals surface area contributed by atoms with E-state index in [0.29, 0.717) is 0 Å². The van der Waals surface area contributed by atoms with Crippen molar-refractivity contribution in [3.05, 3.63) is 42.7 Å². The van der Waals surface area contributed by atoms with E-state index in [1.165, 1.54) is 0 Å². The first-order valence-electron chi connectivity index (χ1n) is 6.40. The highest BCUT2D eigenvalue weighted by Gasteiger charge is 1.97. The molecule has 1 aromatic heterocycles.